The van der Waals surface area contributed by atoms with Crippen molar-refractivity contribution in [1.29, 1.82) is 0 Å². The first kappa shape index (κ1) is 14.5. The molecule has 1 saturated heterocycles. The molecule has 1 aromatic heterocycles. The van der Waals surface area contributed by atoms with Crippen LogP contribution in [0.5, 0.6) is 0 Å². The van der Waals surface area contributed by atoms with Gasteiger partial charge >= 0.3 is 0 Å². The molecule has 0 radical (unpaired) electrons. The molecule has 0 saturated carbocycles. The fraction of sp³-hybridized carbons (Fsp3) is 0.562. The van der Waals surface area contributed by atoms with Crippen molar-refractivity contribution in [2.24, 2.45) is 0 Å². The Kier molecular flexibility index (Phi) is 4.22. The van der Waals surface area contributed by atoms with Crippen LogP contribution in [-0.4, -0.2) is 35.4 Å². The number of halogens is 1. The molecular formula is C16H22FN3O. The summed E-state index contributed by atoms with van der Waals surface area (Å²) in [5, 5.41) is 3.47. The van der Waals surface area contributed by atoms with Crippen molar-refractivity contribution in [3.05, 3.63) is 29.8 Å². The molecule has 3 rings (SSSR count). The van der Waals surface area contributed by atoms with Gasteiger partial charge < -0.3 is 14.6 Å². The number of nitrogens with zero attached hydrogens (tertiary/aromatic N) is 2. The van der Waals surface area contributed by atoms with Crippen LogP contribution in [0.3, 0.4) is 0 Å². The molecule has 1 aliphatic rings. The van der Waals surface area contributed by atoms with Crippen molar-refractivity contribution in [2.75, 3.05) is 19.8 Å². The van der Waals surface area contributed by atoms with Crippen LogP contribution < -0.4 is 5.32 Å². The largest absolute Gasteiger partial charge is 0.379 e. The third kappa shape index (κ3) is 2.68. The smallest absolute Gasteiger partial charge is 0.125 e. The molecule has 1 fully saturated rings. The number of ether oxygens (including phenoxy) is 1. The van der Waals surface area contributed by atoms with Gasteiger partial charge in [0, 0.05) is 12.6 Å². The van der Waals surface area contributed by atoms with Gasteiger partial charge in [-0.05, 0) is 31.2 Å². The quantitative estimate of drug-likeness (QED) is 0.920. The van der Waals surface area contributed by atoms with Crippen LogP contribution in [-0.2, 0) is 11.3 Å². The van der Waals surface area contributed by atoms with Crippen LogP contribution in [0.15, 0.2) is 18.2 Å². The maximum atomic E-state index is 13.6. The molecule has 2 atom stereocenters. The topological polar surface area (TPSA) is 39.1 Å². The van der Waals surface area contributed by atoms with Crippen LogP contribution in [0.4, 0.5) is 4.39 Å². The predicted octanol–water partition coefficient (Wildman–Crippen LogP) is 2.68. The lowest BCUT2D eigenvalue weighted by atomic mass is 10.0. The second-order valence-electron chi connectivity index (χ2n) is 5.56. The second-order valence-corrected chi connectivity index (χ2v) is 5.56. The van der Waals surface area contributed by atoms with Gasteiger partial charge in [-0.3, -0.25) is 0 Å². The lowest BCUT2D eigenvalue weighted by molar-refractivity contribution is 0.187. The fourth-order valence-electron chi connectivity index (χ4n) is 3.13. The zero-order valence-electron chi connectivity index (χ0n) is 12.6. The van der Waals surface area contributed by atoms with Crippen molar-refractivity contribution >= 4 is 11.0 Å². The highest BCUT2D eigenvalue weighted by atomic mass is 19.1. The molecule has 114 valence electrons. The van der Waals surface area contributed by atoms with Crippen LogP contribution in [0, 0.1) is 5.82 Å². The summed E-state index contributed by atoms with van der Waals surface area (Å²) in [6.07, 6.45) is 0.994. The van der Waals surface area contributed by atoms with E-state index in [2.05, 4.69) is 23.7 Å². The molecule has 0 aliphatic carbocycles. The van der Waals surface area contributed by atoms with Gasteiger partial charge in [0.05, 0.1) is 30.2 Å². The monoisotopic (exact) mass is 291 g/mol. The van der Waals surface area contributed by atoms with E-state index in [1.807, 2.05) is 0 Å². The van der Waals surface area contributed by atoms with Gasteiger partial charge in [0.2, 0.25) is 0 Å². The number of nitrogens with one attached hydrogen (secondary N) is 1. The number of imidazole rings is 1. The number of hydrogen-bond acceptors (Lipinski definition) is 3. The van der Waals surface area contributed by atoms with Crippen LogP contribution in [0.25, 0.3) is 11.0 Å². The van der Waals surface area contributed by atoms with Gasteiger partial charge in [0.25, 0.3) is 0 Å². The standard InChI is InChI=1S/C16H22FN3O/c1-3-7-20-15-8-11(17)5-6-13(15)19-16(20)12-9-21-10-14(12)18-4-2/h5-6,8,12,14,18H,3-4,7,9-10H2,1-2H3. The predicted molar refractivity (Wildman–Crippen MR) is 81.0 cm³/mol. The lowest BCUT2D eigenvalue weighted by Crippen LogP contribution is -2.35. The molecule has 0 amide bonds. The van der Waals surface area contributed by atoms with Gasteiger partial charge in [-0.2, -0.15) is 0 Å². The average molecular weight is 291 g/mol. The SMILES string of the molecule is CCCn1c(C2COCC2NCC)nc2ccc(F)cc21. The minimum atomic E-state index is -0.211. The molecule has 1 N–H and O–H groups in total. The Balaban J connectivity index is 2.06. The van der Waals surface area contributed by atoms with Crippen molar-refractivity contribution in [1.82, 2.24) is 14.9 Å². The summed E-state index contributed by atoms with van der Waals surface area (Å²) in [6.45, 7) is 7.37. The van der Waals surface area contributed by atoms with E-state index in [9.17, 15) is 4.39 Å². The summed E-state index contributed by atoms with van der Waals surface area (Å²) in [5.41, 5.74) is 1.75. The van der Waals surface area contributed by atoms with Crippen molar-refractivity contribution < 1.29 is 9.13 Å². The minimum Gasteiger partial charge on any atom is -0.379 e. The number of hydrogen-bond donors (Lipinski definition) is 1. The van der Waals surface area contributed by atoms with E-state index in [0.29, 0.717) is 13.2 Å². The Bertz CT molecular complexity index is 625. The number of fused-ring (bicyclic) bond motifs is 1. The number of aryl methyl sites for hydroxylation is 1. The molecule has 0 spiro atoms. The van der Waals surface area contributed by atoms with E-state index in [1.54, 1.807) is 12.1 Å². The number of rotatable bonds is 5. The summed E-state index contributed by atoms with van der Waals surface area (Å²) in [6, 6.07) is 5.10. The number of benzene rings is 1. The zero-order chi connectivity index (χ0) is 14.8. The van der Waals surface area contributed by atoms with Gasteiger partial charge in [-0.1, -0.05) is 13.8 Å². The van der Waals surface area contributed by atoms with Crippen LogP contribution >= 0.6 is 0 Å². The van der Waals surface area contributed by atoms with Gasteiger partial charge in [0.15, 0.2) is 0 Å². The van der Waals surface area contributed by atoms with E-state index in [0.717, 1.165) is 36.4 Å². The number of likely N-dealkylation sites (N-methyl/N-ethyl adjacent to an activating group) is 1. The molecule has 2 unspecified atom stereocenters. The first-order valence-electron chi connectivity index (χ1n) is 7.71. The maximum absolute atomic E-state index is 13.6. The first-order chi connectivity index (χ1) is 10.2. The Morgan fingerprint density at radius 1 is 1.38 bits per heavy atom. The van der Waals surface area contributed by atoms with Crippen molar-refractivity contribution in [3.63, 3.8) is 0 Å². The third-order valence-corrected chi connectivity index (χ3v) is 4.07. The normalized spacial score (nSPS) is 22.2. The summed E-state index contributed by atoms with van der Waals surface area (Å²) < 4.78 is 21.4. The van der Waals surface area contributed by atoms with Gasteiger partial charge in [0.1, 0.15) is 11.6 Å². The van der Waals surface area contributed by atoms with E-state index in [1.165, 1.54) is 6.07 Å². The summed E-state index contributed by atoms with van der Waals surface area (Å²) in [5.74, 6) is 1.03. The maximum Gasteiger partial charge on any atom is 0.125 e. The van der Waals surface area contributed by atoms with Crippen LogP contribution in [0.1, 0.15) is 32.0 Å². The molecule has 5 heteroatoms. The highest BCUT2D eigenvalue weighted by Gasteiger charge is 2.33. The first-order valence-corrected chi connectivity index (χ1v) is 7.71. The highest BCUT2D eigenvalue weighted by molar-refractivity contribution is 5.76. The third-order valence-electron chi connectivity index (χ3n) is 4.07. The minimum absolute atomic E-state index is 0.211. The molecule has 2 aromatic rings. The molecule has 2 heterocycles. The summed E-state index contributed by atoms with van der Waals surface area (Å²) in [4.78, 5) is 4.76. The summed E-state index contributed by atoms with van der Waals surface area (Å²) >= 11 is 0. The van der Waals surface area contributed by atoms with E-state index in [4.69, 9.17) is 9.72 Å². The Labute approximate surface area is 124 Å². The van der Waals surface area contributed by atoms with Gasteiger partial charge in [-0.25, -0.2) is 9.37 Å². The molecule has 1 aliphatic heterocycles. The molecule has 0 bridgehead atoms. The molecule has 21 heavy (non-hydrogen) atoms. The summed E-state index contributed by atoms with van der Waals surface area (Å²) in [7, 11) is 0. The Morgan fingerprint density at radius 3 is 3.00 bits per heavy atom. The van der Waals surface area contributed by atoms with E-state index >= 15 is 0 Å². The Hall–Kier alpha value is -1.46. The van der Waals surface area contributed by atoms with Crippen LogP contribution in [0.2, 0.25) is 0 Å². The lowest BCUT2D eigenvalue weighted by Gasteiger charge is -2.19. The number of aromatic nitrogens is 2. The average Bonchev–Trinajstić information content (AvgIpc) is 3.05. The fourth-order valence-corrected chi connectivity index (χ4v) is 3.13. The van der Waals surface area contributed by atoms with Crippen molar-refractivity contribution in [2.45, 2.75) is 38.8 Å². The Morgan fingerprint density at radius 2 is 2.24 bits per heavy atom. The second kappa shape index (κ2) is 6.12. The molecule has 1 aromatic carbocycles. The molecular weight excluding hydrogens is 269 g/mol. The zero-order valence-corrected chi connectivity index (χ0v) is 12.6. The molecule has 4 nitrogen and oxygen atoms in total. The highest BCUT2D eigenvalue weighted by Crippen LogP contribution is 2.29. The van der Waals surface area contributed by atoms with Gasteiger partial charge in [-0.15, -0.1) is 0 Å². The van der Waals surface area contributed by atoms with E-state index < -0.39 is 0 Å². The van der Waals surface area contributed by atoms with E-state index in [-0.39, 0.29) is 17.8 Å². The van der Waals surface area contributed by atoms with Crippen molar-refractivity contribution in [3.8, 4) is 0 Å².